The number of fused-ring (bicyclic) bond motifs is 1. The Morgan fingerprint density at radius 2 is 1.81 bits per heavy atom. The summed E-state index contributed by atoms with van der Waals surface area (Å²) in [6.07, 6.45) is 0. The van der Waals surface area contributed by atoms with Crippen LogP contribution in [0.1, 0.15) is 38.7 Å². The molecule has 4 aromatic rings. The molecule has 2 heterocycles. The van der Waals surface area contributed by atoms with Gasteiger partial charge in [0.25, 0.3) is 5.78 Å². The number of carboxylic acid groups (broad SMARTS) is 1. The minimum absolute atomic E-state index is 0.0454. The number of aliphatic hydroxyl groups is 1. The minimum atomic E-state index is -1.11. The van der Waals surface area contributed by atoms with Gasteiger partial charge in [-0.3, -0.25) is 14.5 Å². The van der Waals surface area contributed by atoms with Crippen LogP contribution in [0.5, 0.6) is 5.75 Å². The van der Waals surface area contributed by atoms with Gasteiger partial charge in [-0.15, -0.1) is 0 Å². The van der Waals surface area contributed by atoms with E-state index in [1.165, 1.54) is 30.2 Å². The van der Waals surface area contributed by atoms with Gasteiger partial charge in [-0.2, -0.15) is 0 Å². The number of anilines is 1. The van der Waals surface area contributed by atoms with E-state index in [9.17, 15) is 24.6 Å². The molecule has 9 heteroatoms. The van der Waals surface area contributed by atoms with Crippen LogP contribution in [0, 0.1) is 13.8 Å². The average Bonchev–Trinajstić information content (AvgIpc) is 3.42. The highest BCUT2D eigenvalue weighted by molar-refractivity contribution is 6.51. The third-order valence-corrected chi connectivity index (χ3v) is 6.45. The van der Waals surface area contributed by atoms with Gasteiger partial charge in [-0.25, -0.2) is 9.78 Å². The van der Waals surface area contributed by atoms with Gasteiger partial charge in [0.05, 0.1) is 35.3 Å². The molecule has 3 N–H and O–H groups in total. The number of aryl methyl sites for hydroxylation is 2. The summed E-state index contributed by atoms with van der Waals surface area (Å²) in [7, 11) is 1.51. The Labute approximate surface area is 211 Å². The minimum Gasteiger partial charge on any atom is -0.507 e. The van der Waals surface area contributed by atoms with E-state index in [-0.39, 0.29) is 22.8 Å². The number of rotatable bonds is 5. The van der Waals surface area contributed by atoms with E-state index < -0.39 is 23.7 Å². The summed E-state index contributed by atoms with van der Waals surface area (Å²) in [5, 5.41) is 20.8. The number of amides is 1. The normalized spacial score (nSPS) is 16.9. The number of hydrogen-bond donors (Lipinski definition) is 3. The fourth-order valence-electron chi connectivity index (χ4n) is 4.56. The summed E-state index contributed by atoms with van der Waals surface area (Å²) >= 11 is 0. The number of methoxy groups -OCH3 is 1. The number of Topliss-reactive ketones (excluding diaryl/α,β-unsaturated/α-hetero) is 1. The van der Waals surface area contributed by atoms with Crippen LogP contribution in [0.15, 0.2) is 66.2 Å². The summed E-state index contributed by atoms with van der Waals surface area (Å²) in [5.41, 5.74) is 3.35. The molecular weight excluding hydrogens is 474 g/mol. The van der Waals surface area contributed by atoms with Crippen molar-refractivity contribution >= 4 is 40.4 Å². The van der Waals surface area contributed by atoms with E-state index in [4.69, 9.17) is 4.74 Å². The highest BCUT2D eigenvalue weighted by Gasteiger charge is 2.48. The lowest BCUT2D eigenvalue weighted by atomic mass is 9.93. The fourth-order valence-corrected chi connectivity index (χ4v) is 4.56. The lowest BCUT2D eigenvalue weighted by Gasteiger charge is -2.23. The molecule has 1 unspecified atom stereocenters. The molecule has 0 radical (unpaired) electrons. The summed E-state index contributed by atoms with van der Waals surface area (Å²) in [4.78, 5) is 46.9. The number of aromatic amines is 1. The number of carboxylic acids is 1. The molecular formula is C28H23N3O6. The van der Waals surface area contributed by atoms with Crippen LogP contribution >= 0.6 is 0 Å². The number of H-pyrrole nitrogens is 1. The number of carbonyl (C=O) groups is 3. The van der Waals surface area contributed by atoms with Crippen LogP contribution in [0.25, 0.3) is 16.8 Å². The Bertz CT molecular complexity index is 1630. The topological polar surface area (TPSA) is 133 Å². The van der Waals surface area contributed by atoms with E-state index in [2.05, 4.69) is 9.97 Å². The maximum absolute atomic E-state index is 13.4. The number of nitrogens with one attached hydrogen (secondary N) is 1. The van der Waals surface area contributed by atoms with Gasteiger partial charge >= 0.3 is 11.9 Å². The molecule has 0 spiro atoms. The monoisotopic (exact) mass is 497 g/mol. The predicted octanol–water partition coefficient (Wildman–Crippen LogP) is 4.51. The number of imidazole rings is 1. The van der Waals surface area contributed by atoms with Gasteiger partial charge in [0.2, 0.25) is 5.95 Å². The molecule has 0 aliphatic carbocycles. The van der Waals surface area contributed by atoms with Crippen molar-refractivity contribution in [2.75, 3.05) is 12.0 Å². The van der Waals surface area contributed by atoms with Crippen LogP contribution in [0.3, 0.4) is 0 Å². The fraction of sp³-hybridized carbons (Fsp3) is 0.143. The first-order chi connectivity index (χ1) is 17.7. The predicted molar refractivity (Wildman–Crippen MR) is 137 cm³/mol. The lowest BCUT2D eigenvalue weighted by Crippen LogP contribution is -2.30. The van der Waals surface area contributed by atoms with Gasteiger partial charge in [-0.1, -0.05) is 29.8 Å². The number of nitrogens with zero attached hydrogens (tertiary/aromatic N) is 2. The number of carbonyl (C=O) groups excluding carboxylic acids is 2. The van der Waals surface area contributed by atoms with Gasteiger partial charge in [0.1, 0.15) is 11.5 Å². The van der Waals surface area contributed by atoms with E-state index in [0.717, 1.165) is 11.1 Å². The molecule has 0 saturated carbocycles. The molecule has 1 amide bonds. The number of hydrogen-bond acceptors (Lipinski definition) is 6. The van der Waals surface area contributed by atoms with Crippen molar-refractivity contribution < 1.29 is 29.3 Å². The molecule has 1 saturated heterocycles. The van der Waals surface area contributed by atoms with Crippen LogP contribution in [-0.2, 0) is 9.59 Å². The van der Waals surface area contributed by atoms with Crippen LogP contribution < -0.4 is 9.64 Å². The van der Waals surface area contributed by atoms with Crippen molar-refractivity contribution in [3.63, 3.8) is 0 Å². The zero-order valence-corrected chi connectivity index (χ0v) is 20.3. The van der Waals surface area contributed by atoms with Crippen molar-refractivity contribution in [1.29, 1.82) is 0 Å². The number of aromatic carboxylic acids is 1. The molecule has 1 aromatic heterocycles. The van der Waals surface area contributed by atoms with Gasteiger partial charge < -0.3 is 19.9 Å². The van der Waals surface area contributed by atoms with Crippen LogP contribution in [0.2, 0.25) is 0 Å². The van der Waals surface area contributed by atoms with Crippen molar-refractivity contribution in [2.24, 2.45) is 0 Å². The molecule has 1 atom stereocenters. The molecule has 1 fully saturated rings. The second-order valence-corrected chi connectivity index (χ2v) is 8.86. The molecule has 5 rings (SSSR count). The number of aliphatic hydroxyl groups excluding tert-OH is 1. The number of ether oxygens (including phenoxy) is 1. The first-order valence-corrected chi connectivity index (χ1v) is 11.4. The maximum atomic E-state index is 13.4. The quantitative estimate of drug-likeness (QED) is 0.210. The van der Waals surface area contributed by atoms with E-state index in [1.807, 2.05) is 26.0 Å². The van der Waals surface area contributed by atoms with E-state index in [1.54, 1.807) is 30.3 Å². The molecule has 1 aliphatic rings. The smallest absolute Gasteiger partial charge is 0.335 e. The Kier molecular flexibility index (Phi) is 5.75. The van der Waals surface area contributed by atoms with Crippen molar-refractivity contribution in [3.05, 3.63) is 94.1 Å². The standard InChI is InChI=1S/C28H23N3O6/c1-14-7-8-15(2)19(11-14)24(32)22-23(16-5-4-6-18(12-16)37-3)31(26(34)25(22)33)28-29-20-10-9-17(27(35)36)13-21(20)30-28/h4-13,23,32H,1-3H3,(H,29,30)(H,35,36)/b24-22+. The second kappa shape index (κ2) is 8.94. The van der Waals surface area contributed by atoms with Crippen molar-refractivity contribution in [1.82, 2.24) is 9.97 Å². The van der Waals surface area contributed by atoms with Crippen LogP contribution in [0.4, 0.5) is 5.95 Å². The first-order valence-electron chi connectivity index (χ1n) is 11.4. The molecule has 9 nitrogen and oxygen atoms in total. The van der Waals surface area contributed by atoms with E-state index >= 15 is 0 Å². The highest BCUT2D eigenvalue weighted by Crippen LogP contribution is 2.42. The molecule has 37 heavy (non-hydrogen) atoms. The number of ketones is 1. The van der Waals surface area contributed by atoms with Crippen LogP contribution in [-0.4, -0.2) is 45.0 Å². The van der Waals surface area contributed by atoms with Gasteiger partial charge in [0.15, 0.2) is 0 Å². The number of benzene rings is 3. The lowest BCUT2D eigenvalue weighted by molar-refractivity contribution is -0.132. The highest BCUT2D eigenvalue weighted by atomic mass is 16.5. The Hall–Kier alpha value is -4.92. The Balaban J connectivity index is 1.75. The van der Waals surface area contributed by atoms with E-state index in [0.29, 0.717) is 27.9 Å². The summed E-state index contributed by atoms with van der Waals surface area (Å²) in [6.45, 7) is 3.68. The molecule has 3 aromatic carbocycles. The zero-order valence-electron chi connectivity index (χ0n) is 20.3. The Morgan fingerprint density at radius 3 is 2.54 bits per heavy atom. The van der Waals surface area contributed by atoms with Gasteiger partial charge in [-0.05, 0) is 61.4 Å². The summed E-state index contributed by atoms with van der Waals surface area (Å²) in [6, 6.07) is 15.7. The molecule has 186 valence electrons. The zero-order chi connectivity index (χ0) is 26.4. The summed E-state index contributed by atoms with van der Waals surface area (Å²) < 4.78 is 5.36. The second-order valence-electron chi connectivity index (χ2n) is 8.86. The third kappa shape index (κ3) is 4.00. The number of aromatic nitrogens is 2. The average molecular weight is 498 g/mol. The van der Waals surface area contributed by atoms with Crippen molar-refractivity contribution in [2.45, 2.75) is 19.9 Å². The SMILES string of the molecule is COc1cccc(C2/C(=C(\O)c3cc(C)ccc3C)C(=O)C(=O)N2c2nc3ccc(C(=O)O)cc3[nH]2)c1. The molecule has 0 bridgehead atoms. The third-order valence-electron chi connectivity index (χ3n) is 6.45. The van der Waals surface area contributed by atoms with Gasteiger partial charge in [0, 0.05) is 5.56 Å². The first kappa shape index (κ1) is 23.8. The molecule has 1 aliphatic heterocycles. The maximum Gasteiger partial charge on any atom is 0.335 e. The Morgan fingerprint density at radius 1 is 1.03 bits per heavy atom. The van der Waals surface area contributed by atoms with Crippen molar-refractivity contribution in [3.8, 4) is 5.75 Å². The largest absolute Gasteiger partial charge is 0.507 e. The summed E-state index contributed by atoms with van der Waals surface area (Å²) in [5.74, 6) is -2.59.